The summed E-state index contributed by atoms with van der Waals surface area (Å²) in [7, 11) is 0. The number of phenolic OH excluding ortho intramolecular Hbond substituents is 1. The minimum absolute atomic E-state index is 0.174. The van der Waals surface area contributed by atoms with E-state index < -0.39 is 29.7 Å². The van der Waals surface area contributed by atoms with E-state index in [9.17, 15) is 28.5 Å². The van der Waals surface area contributed by atoms with Crippen molar-refractivity contribution >= 4 is 5.82 Å². The zero-order valence-corrected chi connectivity index (χ0v) is 13.8. The SMILES string of the molecule is Cc1cc(C(F)(F)F)cc(O)c1-c1ccc(N[C@H]2CC[C@@H](O)[C@H]2O)nn1. The Bertz CT molecular complexity index is 773. The fourth-order valence-electron chi connectivity index (χ4n) is 3.12. The number of hydrogen-bond donors (Lipinski definition) is 4. The molecular weight excluding hydrogens is 351 g/mol. The molecule has 0 saturated heterocycles. The van der Waals surface area contributed by atoms with Gasteiger partial charge in [0.2, 0.25) is 0 Å². The van der Waals surface area contributed by atoms with Crippen LogP contribution >= 0.6 is 0 Å². The van der Waals surface area contributed by atoms with Crippen LogP contribution in [-0.4, -0.2) is 43.8 Å². The lowest BCUT2D eigenvalue weighted by Crippen LogP contribution is -2.34. The first-order valence-electron chi connectivity index (χ1n) is 8.04. The third-order valence-corrected chi connectivity index (χ3v) is 4.48. The molecule has 1 saturated carbocycles. The van der Waals surface area contributed by atoms with Crippen molar-refractivity contribution in [3.05, 3.63) is 35.4 Å². The van der Waals surface area contributed by atoms with E-state index in [2.05, 4.69) is 15.5 Å². The molecule has 1 aliphatic rings. The summed E-state index contributed by atoms with van der Waals surface area (Å²) in [6.45, 7) is 1.45. The number of aromatic nitrogens is 2. The summed E-state index contributed by atoms with van der Waals surface area (Å²) >= 11 is 0. The molecule has 1 heterocycles. The Morgan fingerprint density at radius 3 is 2.35 bits per heavy atom. The summed E-state index contributed by atoms with van der Waals surface area (Å²) in [4.78, 5) is 0. The smallest absolute Gasteiger partial charge is 0.416 e. The van der Waals surface area contributed by atoms with Gasteiger partial charge in [-0.2, -0.15) is 13.2 Å². The van der Waals surface area contributed by atoms with E-state index >= 15 is 0 Å². The van der Waals surface area contributed by atoms with Crippen molar-refractivity contribution < 1.29 is 28.5 Å². The lowest BCUT2D eigenvalue weighted by atomic mass is 10.0. The second kappa shape index (κ2) is 6.73. The van der Waals surface area contributed by atoms with E-state index in [0.29, 0.717) is 24.7 Å². The summed E-state index contributed by atoms with van der Waals surface area (Å²) in [6.07, 6.45) is -5.19. The first kappa shape index (κ1) is 18.4. The van der Waals surface area contributed by atoms with Crippen LogP contribution in [0, 0.1) is 6.92 Å². The van der Waals surface area contributed by atoms with Crippen molar-refractivity contribution in [2.75, 3.05) is 5.32 Å². The molecule has 6 nitrogen and oxygen atoms in total. The molecule has 0 unspecified atom stereocenters. The number of rotatable bonds is 3. The Balaban J connectivity index is 1.83. The first-order chi connectivity index (χ1) is 12.2. The maximum Gasteiger partial charge on any atom is 0.416 e. The number of nitrogens with one attached hydrogen (secondary N) is 1. The van der Waals surface area contributed by atoms with Gasteiger partial charge in [-0.25, -0.2) is 0 Å². The summed E-state index contributed by atoms with van der Waals surface area (Å²) in [6, 6.07) is 4.32. The zero-order valence-electron chi connectivity index (χ0n) is 13.8. The molecule has 2 aromatic rings. The molecule has 3 atom stereocenters. The van der Waals surface area contributed by atoms with Crippen LogP contribution in [0.25, 0.3) is 11.3 Å². The molecule has 4 N–H and O–H groups in total. The zero-order chi connectivity index (χ0) is 19.1. The minimum Gasteiger partial charge on any atom is -0.507 e. The monoisotopic (exact) mass is 369 g/mol. The molecule has 1 aromatic heterocycles. The van der Waals surface area contributed by atoms with E-state index in [0.717, 1.165) is 6.07 Å². The summed E-state index contributed by atoms with van der Waals surface area (Å²) < 4.78 is 38.4. The average Bonchev–Trinajstić information content (AvgIpc) is 2.87. The molecule has 9 heteroatoms. The van der Waals surface area contributed by atoms with Gasteiger partial charge >= 0.3 is 6.18 Å². The molecule has 1 fully saturated rings. The highest BCUT2D eigenvalue weighted by Gasteiger charge is 2.34. The fourth-order valence-corrected chi connectivity index (χ4v) is 3.12. The van der Waals surface area contributed by atoms with E-state index in [1.165, 1.54) is 13.0 Å². The van der Waals surface area contributed by atoms with Gasteiger partial charge in [-0.05, 0) is 49.6 Å². The van der Waals surface area contributed by atoms with Crippen molar-refractivity contribution in [3.8, 4) is 17.0 Å². The van der Waals surface area contributed by atoms with Crippen molar-refractivity contribution in [2.24, 2.45) is 0 Å². The Morgan fingerprint density at radius 2 is 1.85 bits per heavy atom. The van der Waals surface area contributed by atoms with Crippen molar-refractivity contribution in [3.63, 3.8) is 0 Å². The molecular formula is C17H18F3N3O3. The molecule has 1 aromatic carbocycles. The molecule has 3 rings (SSSR count). The predicted octanol–water partition coefficient (Wildman–Crippen LogP) is 2.47. The maximum absolute atomic E-state index is 12.8. The number of halogens is 3. The fraction of sp³-hybridized carbons (Fsp3) is 0.412. The van der Waals surface area contributed by atoms with Crippen LogP contribution in [0.2, 0.25) is 0 Å². The number of alkyl halides is 3. The molecule has 0 amide bonds. The molecule has 0 radical (unpaired) electrons. The van der Waals surface area contributed by atoms with Crippen LogP contribution < -0.4 is 5.32 Å². The van der Waals surface area contributed by atoms with E-state index in [-0.39, 0.29) is 22.9 Å². The van der Waals surface area contributed by atoms with Crippen LogP contribution in [-0.2, 0) is 6.18 Å². The number of benzene rings is 1. The molecule has 26 heavy (non-hydrogen) atoms. The number of hydrogen-bond acceptors (Lipinski definition) is 6. The van der Waals surface area contributed by atoms with Crippen molar-refractivity contribution in [1.82, 2.24) is 10.2 Å². The standard InChI is InChI=1S/C17H18F3N3O3/c1-8-6-9(17(18,19)20)7-13(25)15(8)10-3-5-14(23-22-10)21-11-2-4-12(24)16(11)26/h3,5-7,11-12,16,24-26H,2,4H2,1H3,(H,21,23)/t11-,12+,16-/m0/s1. The van der Waals surface area contributed by atoms with Crippen LogP contribution in [0.15, 0.2) is 24.3 Å². The molecule has 0 spiro atoms. The molecule has 0 bridgehead atoms. The maximum atomic E-state index is 12.8. The van der Waals surface area contributed by atoms with Gasteiger partial charge in [-0.1, -0.05) is 0 Å². The lowest BCUT2D eigenvalue weighted by Gasteiger charge is -2.18. The minimum atomic E-state index is -4.55. The Labute approximate surface area is 147 Å². The summed E-state index contributed by atoms with van der Waals surface area (Å²) in [5.74, 6) is -0.169. The van der Waals surface area contributed by atoms with Crippen molar-refractivity contribution in [2.45, 2.75) is 44.2 Å². The van der Waals surface area contributed by atoms with E-state index in [1.807, 2.05) is 0 Å². The second-order valence-corrected chi connectivity index (χ2v) is 6.37. The number of nitrogens with zero attached hydrogens (tertiary/aromatic N) is 2. The number of phenols is 1. The van der Waals surface area contributed by atoms with Crippen LogP contribution in [0.4, 0.5) is 19.0 Å². The molecule has 140 valence electrons. The van der Waals surface area contributed by atoms with Crippen molar-refractivity contribution in [1.29, 1.82) is 0 Å². The number of aliphatic hydroxyl groups is 2. The highest BCUT2D eigenvalue weighted by Crippen LogP contribution is 2.38. The van der Waals surface area contributed by atoms with Gasteiger partial charge < -0.3 is 20.6 Å². The van der Waals surface area contributed by atoms with Gasteiger partial charge in [0.15, 0.2) is 0 Å². The van der Waals surface area contributed by atoms with E-state index in [4.69, 9.17) is 0 Å². The number of aryl methyl sites for hydroxylation is 1. The van der Waals surface area contributed by atoms with E-state index in [1.54, 1.807) is 6.07 Å². The molecule has 1 aliphatic carbocycles. The van der Waals surface area contributed by atoms with Gasteiger partial charge in [0.05, 0.1) is 29.5 Å². The molecule has 0 aliphatic heterocycles. The lowest BCUT2D eigenvalue weighted by molar-refractivity contribution is -0.137. The highest BCUT2D eigenvalue weighted by molar-refractivity contribution is 5.71. The van der Waals surface area contributed by atoms with Gasteiger partial charge in [0.1, 0.15) is 11.6 Å². The summed E-state index contributed by atoms with van der Waals surface area (Å²) in [5.41, 5.74) is -0.308. The third-order valence-electron chi connectivity index (χ3n) is 4.48. The summed E-state index contributed by atoms with van der Waals surface area (Å²) in [5, 5.41) is 40.2. The van der Waals surface area contributed by atoms with Gasteiger partial charge in [-0.15, -0.1) is 10.2 Å². The second-order valence-electron chi connectivity index (χ2n) is 6.37. The number of aromatic hydroxyl groups is 1. The number of anilines is 1. The van der Waals surface area contributed by atoms with Gasteiger partial charge in [0.25, 0.3) is 0 Å². The quantitative estimate of drug-likeness (QED) is 0.664. The average molecular weight is 369 g/mol. The third kappa shape index (κ3) is 3.58. The van der Waals surface area contributed by atoms with Crippen LogP contribution in [0.3, 0.4) is 0 Å². The van der Waals surface area contributed by atoms with Crippen LogP contribution in [0.1, 0.15) is 24.0 Å². The van der Waals surface area contributed by atoms with Gasteiger partial charge in [-0.3, -0.25) is 0 Å². The topological polar surface area (TPSA) is 98.5 Å². The normalized spacial score (nSPS) is 23.2. The predicted molar refractivity (Wildman–Crippen MR) is 87.5 cm³/mol. The number of aliphatic hydroxyl groups excluding tert-OH is 2. The highest BCUT2D eigenvalue weighted by atomic mass is 19.4. The van der Waals surface area contributed by atoms with Crippen LogP contribution in [0.5, 0.6) is 5.75 Å². The Hall–Kier alpha value is -2.39. The Morgan fingerprint density at radius 1 is 1.12 bits per heavy atom. The first-order valence-corrected chi connectivity index (χ1v) is 8.04. The Kier molecular flexibility index (Phi) is 4.76. The van der Waals surface area contributed by atoms with Gasteiger partial charge in [0, 0.05) is 5.56 Å². The largest absolute Gasteiger partial charge is 0.507 e.